The average Bonchev–Trinajstić information content (AvgIpc) is 2.15. The van der Waals surface area contributed by atoms with Gasteiger partial charge in [0.25, 0.3) is 0 Å². The Labute approximate surface area is 97.1 Å². The van der Waals surface area contributed by atoms with Crippen LogP contribution in [0.25, 0.3) is 0 Å². The molecule has 0 aliphatic carbocycles. The monoisotopic (exact) mass is 228 g/mol. The van der Waals surface area contributed by atoms with Gasteiger partial charge in [-0.2, -0.15) is 0 Å². The normalized spacial score (nSPS) is 33.0. The summed E-state index contributed by atoms with van der Waals surface area (Å²) in [6.45, 7) is 2.60. The van der Waals surface area contributed by atoms with E-state index in [-0.39, 0.29) is 6.29 Å². The molecule has 0 saturated heterocycles. The summed E-state index contributed by atoms with van der Waals surface area (Å²) in [5.74, 6) is -0.769. The summed E-state index contributed by atoms with van der Waals surface area (Å²) >= 11 is 0. The van der Waals surface area contributed by atoms with Crippen LogP contribution in [0.15, 0.2) is 12.3 Å². The second-order valence-corrected chi connectivity index (χ2v) is 4.87. The smallest absolute Gasteiger partial charge is 0.362 e. The maximum Gasteiger partial charge on any atom is 0.362 e. The molecule has 1 aliphatic heterocycles. The molecule has 0 aromatic rings. The number of quaternary nitrogens is 1. The predicted molar refractivity (Wildman–Crippen MR) is 62.5 cm³/mol. The molecule has 3 unspecified atom stereocenters. The predicted octanol–water partition coefficient (Wildman–Crippen LogP) is 0.210. The summed E-state index contributed by atoms with van der Waals surface area (Å²) < 4.78 is 0.374. The van der Waals surface area contributed by atoms with E-state index in [4.69, 9.17) is 0 Å². The van der Waals surface area contributed by atoms with E-state index < -0.39 is 12.0 Å². The lowest BCUT2D eigenvalue weighted by Gasteiger charge is -2.49. The second-order valence-electron chi connectivity index (χ2n) is 4.87. The standard InChI is InChI=1S/C11H21N3O2/c1-9(10(15)16)14(5)8-6-7-13(4)11(14)12(2)3/h6,8-9,11H,7H2,1-5H3/p+1. The molecule has 16 heavy (non-hydrogen) atoms. The fourth-order valence-electron chi connectivity index (χ4n) is 2.50. The SMILES string of the molecule is CC(C(=O)O)[N+]1(C)C=CCN(C)C1N(C)C. The van der Waals surface area contributed by atoms with Gasteiger partial charge in [-0.15, -0.1) is 0 Å². The highest BCUT2D eigenvalue weighted by molar-refractivity contribution is 5.71. The van der Waals surface area contributed by atoms with E-state index in [0.717, 1.165) is 6.54 Å². The Kier molecular flexibility index (Phi) is 3.72. The zero-order chi connectivity index (χ0) is 12.5. The molecule has 0 saturated carbocycles. The molecule has 1 aliphatic rings. The molecular weight excluding hydrogens is 206 g/mol. The number of carboxylic acids is 1. The highest BCUT2D eigenvalue weighted by Gasteiger charge is 2.45. The van der Waals surface area contributed by atoms with Crippen molar-refractivity contribution in [1.29, 1.82) is 0 Å². The van der Waals surface area contributed by atoms with E-state index in [1.165, 1.54) is 0 Å². The maximum absolute atomic E-state index is 11.2. The number of carbonyl (C=O) groups is 1. The number of aliphatic carboxylic acids is 1. The van der Waals surface area contributed by atoms with Crippen LogP contribution in [-0.2, 0) is 4.79 Å². The number of hydrogen-bond donors (Lipinski definition) is 1. The van der Waals surface area contributed by atoms with E-state index >= 15 is 0 Å². The number of carboxylic acid groups (broad SMARTS) is 1. The minimum Gasteiger partial charge on any atom is -0.477 e. The Bertz CT molecular complexity index is 304. The van der Waals surface area contributed by atoms with Gasteiger partial charge in [0, 0.05) is 6.54 Å². The Hall–Kier alpha value is -0.910. The lowest BCUT2D eigenvalue weighted by molar-refractivity contribution is -0.925. The summed E-state index contributed by atoms with van der Waals surface area (Å²) in [4.78, 5) is 15.4. The van der Waals surface area contributed by atoms with Crippen LogP contribution in [-0.4, -0.2) is 72.4 Å². The molecular formula is C11H22N3O2+. The van der Waals surface area contributed by atoms with Gasteiger partial charge in [-0.1, -0.05) is 0 Å². The van der Waals surface area contributed by atoms with Crippen molar-refractivity contribution in [1.82, 2.24) is 9.80 Å². The van der Waals surface area contributed by atoms with Gasteiger partial charge in [-0.05, 0) is 34.1 Å². The minimum atomic E-state index is -0.769. The maximum atomic E-state index is 11.2. The summed E-state index contributed by atoms with van der Waals surface area (Å²) in [6.07, 6.45) is 4.07. The summed E-state index contributed by atoms with van der Waals surface area (Å²) in [5, 5.41) is 9.20. The van der Waals surface area contributed by atoms with Crippen molar-refractivity contribution in [2.75, 3.05) is 34.7 Å². The minimum absolute atomic E-state index is 0.0519. The lowest BCUT2D eigenvalue weighted by Crippen LogP contribution is -2.68. The van der Waals surface area contributed by atoms with Crippen LogP contribution in [0, 0.1) is 0 Å². The Morgan fingerprint density at radius 3 is 2.62 bits per heavy atom. The van der Waals surface area contributed by atoms with Gasteiger partial charge in [-0.3, -0.25) is 4.48 Å². The van der Waals surface area contributed by atoms with Crippen molar-refractivity contribution in [2.24, 2.45) is 0 Å². The van der Waals surface area contributed by atoms with Gasteiger partial charge in [0.1, 0.15) is 0 Å². The topological polar surface area (TPSA) is 43.8 Å². The summed E-state index contributed by atoms with van der Waals surface area (Å²) in [6, 6.07) is -0.466. The summed E-state index contributed by atoms with van der Waals surface area (Å²) in [5.41, 5.74) is 0. The van der Waals surface area contributed by atoms with Crippen LogP contribution in [0.3, 0.4) is 0 Å². The Morgan fingerprint density at radius 2 is 2.19 bits per heavy atom. The molecule has 0 bridgehead atoms. The first-order chi connectivity index (χ1) is 7.30. The highest BCUT2D eigenvalue weighted by Crippen LogP contribution is 2.24. The van der Waals surface area contributed by atoms with Crippen molar-refractivity contribution >= 4 is 5.97 Å². The van der Waals surface area contributed by atoms with E-state index in [1.54, 1.807) is 6.92 Å². The zero-order valence-electron chi connectivity index (χ0n) is 10.7. The molecule has 0 fully saturated rings. The summed E-state index contributed by atoms with van der Waals surface area (Å²) in [7, 11) is 7.92. The molecule has 1 N–H and O–H groups in total. The third-order valence-corrected chi connectivity index (χ3v) is 3.37. The number of hydrogen-bond acceptors (Lipinski definition) is 3. The van der Waals surface area contributed by atoms with Crippen LogP contribution in [0.5, 0.6) is 0 Å². The third kappa shape index (κ3) is 2.11. The van der Waals surface area contributed by atoms with E-state index in [9.17, 15) is 9.90 Å². The van der Waals surface area contributed by atoms with Crippen LogP contribution in [0.4, 0.5) is 0 Å². The second kappa shape index (κ2) is 4.53. The quantitative estimate of drug-likeness (QED) is 0.701. The van der Waals surface area contributed by atoms with Gasteiger partial charge in [0.15, 0.2) is 6.04 Å². The Balaban J connectivity index is 3.10. The van der Waals surface area contributed by atoms with Gasteiger partial charge < -0.3 is 5.11 Å². The van der Waals surface area contributed by atoms with E-state index in [2.05, 4.69) is 9.80 Å². The molecule has 0 aromatic carbocycles. The van der Waals surface area contributed by atoms with Gasteiger partial charge >= 0.3 is 5.97 Å². The molecule has 1 heterocycles. The first kappa shape index (κ1) is 13.2. The number of likely N-dealkylation sites (N-methyl/N-ethyl adjacent to an activating group) is 2. The first-order valence-corrected chi connectivity index (χ1v) is 5.43. The molecule has 0 radical (unpaired) electrons. The van der Waals surface area contributed by atoms with Crippen molar-refractivity contribution in [3.05, 3.63) is 12.3 Å². The fourth-order valence-corrected chi connectivity index (χ4v) is 2.50. The molecule has 1 rings (SSSR count). The molecule has 0 aromatic heterocycles. The third-order valence-electron chi connectivity index (χ3n) is 3.37. The van der Waals surface area contributed by atoms with Gasteiger partial charge in [0.2, 0.25) is 6.29 Å². The number of nitrogens with zero attached hydrogens (tertiary/aromatic N) is 3. The van der Waals surface area contributed by atoms with Gasteiger partial charge in [0.05, 0.1) is 13.2 Å². The molecule has 5 nitrogen and oxygen atoms in total. The van der Waals surface area contributed by atoms with E-state index in [1.807, 2.05) is 40.5 Å². The zero-order valence-corrected chi connectivity index (χ0v) is 10.7. The first-order valence-electron chi connectivity index (χ1n) is 5.43. The molecule has 3 atom stereocenters. The fraction of sp³-hybridized carbons (Fsp3) is 0.727. The van der Waals surface area contributed by atoms with Crippen molar-refractivity contribution in [3.8, 4) is 0 Å². The molecule has 5 heteroatoms. The van der Waals surface area contributed by atoms with Crippen LogP contribution >= 0.6 is 0 Å². The number of rotatable bonds is 3. The van der Waals surface area contributed by atoms with Crippen LogP contribution < -0.4 is 0 Å². The van der Waals surface area contributed by atoms with Crippen LogP contribution in [0.2, 0.25) is 0 Å². The van der Waals surface area contributed by atoms with Crippen molar-refractivity contribution < 1.29 is 14.4 Å². The van der Waals surface area contributed by atoms with Crippen LogP contribution in [0.1, 0.15) is 6.92 Å². The molecule has 92 valence electrons. The molecule has 0 spiro atoms. The molecule has 0 amide bonds. The average molecular weight is 228 g/mol. The van der Waals surface area contributed by atoms with E-state index in [0.29, 0.717) is 4.48 Å². The Morgan fingerprint density at radius 1 is 1.62 bits per heavy atom. The van der Waals surface area contributed by atoms with Crippen molar-refractivity contribution in [3.63, 3.8) is 0 Å². The van der Waals surface area contributed by atoms with Crippen molar-refractivity contribution in [2.45, 2.75) is 19.3 Å². The largest absolute Gasteiger partial charge is 0.477 e. The highest BCUT2D eigenvalue weighted by atomic mass is 16.4. The lowest BCUT2D eigenvalue weighted by atomic mass is 10.2. The van der Waals surface area contributed by atoms with Gasteiger partial charge in [-0.25, -0.2) is 14.6 Å².